The fourth-order valence-corrected chi connectivity index (χ4v) is 2.54. The molecule has 0 unspecified atom stereocenters. The van der Waals surface area contributed by atoms with E-state index < -0.39 is 0 Å². The quantitative estimate of drug-likeness (QED) is 0.544. The number of benzene rings is 1. The average Bonchev–Trinajstić information content (AvgIpc) is 2.46. The molecule has 0 amide bonds. The van der Waals surface area contributed by atoms with Crippen LogP contribution in [-0.4, -0.2) is 6.61 Å². The molecule has 0 saturated heterocycles. The van der Waals surface area contributed by atoms with Crippen LogP contribution in [-0.2, 0) is 0 Å². The Hall–Kier alpha value is -1.02. The van der Waals surface area contributed by atoms with Crippen LogP contribution in [0.2, 0.25) is 0 Å². The number of rotatable bonds is 11. The zero-order chi connectivity index (χ0) is 15.5. The van der Waals surface area contributed by atoms with Crippen molar-refractivity contribution in [2.24, 2.45) is 5.73 Å². The summed E-state index contributed by atoms with van der Waals surface area (Å²) in [5.41, 5.74) is 8.25. The number of nitrogens with two attached hydrogens (primary N) is 1. The predicted octanol–water partition coefficient (Wildman–Crippen LogP) is 5.53. The van der Waals surface area contributed by atoms with E-state index in [1.165, 1.54) is 56.1 Å². The molecule has 1 aromatic rings. The van der Waals surface area contributed by atoms with Crippen LogP contribution in [0, 0.1) is 6.92 Å². The highest BCUT2D eigenvalue weighted by Crippen LogP contribution is 2.22. The molecule has 21 heavy (non-hydrogen) atoms. The molecule has 2 heteroatoms. The van der Waals surface area contributed by atoms with Crippen molar-refractivity contribution in [1.29, 1.82) is 0 Å². The van der Waals surface area contributed by atoms with E-state index in [-0.39, 0.29) is 6.04 Å². The largest absolute Gasteiger partial charge is 0.493 e. The lowest BCUT2D eigenvalue weighted by Gasteiger charge is -2.12. The monoisotopic (exact) mass is 291 g/mol. The van der Waals surface area contributed by atoms with Crippen LogP contribution in [0.15, 0.2) is 18.2 Å². The van der Waals surface area contributed by atoms with Crippen molar-refractivity contribution in [2.45, 2.75) is 78.2 Å². The molecule has 0 fully saturated rings. The minimum atomic E-state index is 0.0884. The van der Waals surface area contributed by atoms with Crippen molar-refractivity contribution in [3.05, 3.63) is 29.3 Å². The first kappa shape index (κ1) is 18.0. The van der Waals surface area contributed by atoms with Crippen LogP contribution in [0.5, 0.6) is 5.75 Å². The molecule has 1 rings (SSSR count). The Balaban J connectivity index is 2.13. The first-order chi connectivity index (χ1) is 10.1. The zero-order valence-corrected chi connectivity index (χ0v) is 14.2. The predicted molar refractivity (Wildman–Crippen MR) is 91.9 cm³/mol. The molecule has 0 spiro atoms. The van der Waals surface area contributed by atoms with Gasteiger partial charge in [0.15, 0.2) is 0 Å². The first-order valence-corrected chi connectivity index (χ1v) is 8.64. The van der Waals surface area contributed by atoms with Gasteiger partial charge in [-0.25, -0.2) is 0 Å². The van der Waals surface area contributed by atoms with Gasteiger partial charge in [0.05, 0.1) is 6.61 Å². The third-order valence-corrected chi connectivity index (χ3v) is 3.98. The fourth-order valence-electron chi connectivity index (χ4n) is 2.54. The molecule has 0 aliphatic heterocycles. The molecule has 0 aromatic heterocycles. The Bertz CT molecular complexity index is 387. The van der Waals surface area contributed by atoms with E-state index >= 15 is 0 Å². The van der Waals surface area contributed by atoms with Gasteiger partial charge in [-0.1, -0.05) is 64.0 Å². The van der Waals surface area contributed by atoms with Gasteiger partial charge in [0.1, 0.15) is 5.75 Å². The molecule has 0 saturated carbocycles. The van der Waals surface area contributed by atoms with Crippen LogP contribution in [0.25, 0.3) is 0 Å². The molecule has 0 radical (unpaired) electrons. The standard InChI is InChI=1S/C19H33NO/c1-4-5-6-7-8-9-10-11-14-21-19-13-12-18(17(3)20)15-16(19)2/h12-13,15,17H,4-11,14,20H2,1-3H3/t17-/m0/s1. The summed E-state index contributed by atoms with van der Waals surface area (Å²) in [7, 11) is 0. The maximum atomic E-state index is 5.89. The number of hydrogen-bond acceptors (Lipinski definition) is 2. The van der Waals surface area contributed by atoms with E-state index in [9.17, 15) is 0 Å². The third kappa shape index (κ3) is 7.52. The molecule has 0 aliphatic rings. The molecule has 2 nitrogen and oxygen atoms in total. The molecule has 2 N–H and O–H groups in total. The van der Waals surface area contributed by atoms with Gasteiger partial charge in [-0.15, -0.1) is 0 Å². The van der Waals surface area contributed by atoms with Crippen LogP contribution >= 0.6 is 0 Å². The van der Waals surface area contributed by atoms with Crippen molar-refractivity contribution in [3.63, 3.8) is 0 Å². The second kappa shape index (κ2) is 10.7. The first-order valence-electron chi connectivity index (χ1n) is 8.64. The van der Waals surface area contributed by atoms with Crippen LogP contribution in [0.1, 0.15) is 82.4 Å². The number of hydrogen-bond donors (Lipinski definition) is 1. The summed E-state index contributed by atoms with van der Waals surface area (Å²) in [6, 6.07) is 6.35. The molecule has 0 bridgehead atoms. The van der Waals surface area contributed by atoms with Crippen molar-refractivity contribution in [3.8, 4) is 5.75 Å². The smallest absolute Gasteiger partial charge is 0.122 e. The Kier molecular flexibility index (Phi) is 9.16. The SMILES string of the molecule is CCCCCCCCCCOc1ccc([C@H](C)N)cc1C. The lowest BCUT2D eigenvalue weighted by Crippen LogP contribution is -2.06. The summed E-state index contributed by atoms with van der Waals surface area (Å²) in [6.45, 7) is 7.19. The van der Waals surface area contributed by atoms with Crippen LogP contribution < -0.4 is 10.5 Å². The van der Waals surface area contributed by atoms with E-state index in [1.54, 1.807) is 0 Å². The highest BCUT2D eigenvalue weighted by atomic mass is 16.5. The minimum absolute atomic E-state index is 0.0884. The van der Waals surface area contributed by atoms with Gasteiger partial charge in [0.25, 0.3) is 0 Å². The summed E-state index contributed by atoms with van der Waals surface area (Å²) in [5.74, 6) is 1.00. The molecular weight excluding hydrogens is 258 g/mol. The molecular formula is C19H33NO. The van der Waals surface area contributed by atoms with E-state index in [0.29, 0.717) is 0 Å². The Labute approximate surface area is 131 Å². The number of unbranched alkanes of at least 4 members (excludes halogenated alkanes) is 7. The Morgan fingerprint density at radius 3 is 2.19 bits per heavy atom. The van der Waals surface area contributed by atoms with Crippen molar-refractivity contribution >= 4 is 0 Å². The van der Waals surface area contributed by atoms with Gasteiger partial charge in [0, 0.05) is 6.04 Å². The second-order valence-corrected chi connectivity index (χ2v) is 6.14. The fraction of sp³-hybridized carbons (Fsp3) is 0.684. The summed E-state index contributed by atoms with van der Waals surface area (Å²) >= 11 is 0. The number of aryl methyl sites for hydroxylation is 1. The average molecular weight is 291 g/mol. The normalized spacial score (nSPS) is 12.4. The van der Waals surface area contributed by atoms with E-state index in [2.05, 4.69) is 32.0 Å². The Morgan fingerprint density at radius 1 is 1.00 bits per heavy atom. The van der Waals surface area contributed by atoms with E-state index in [4.69, 9.17) is 10.5 Å². The van der Waals surface area contributed by atoms with Gasteiger partial charge < -0.3 is 10.5 Å². The molecule has 0 aliphatic carbocycles. The van der Waals surface area contributed by atoms with Gasteiger partial charge in [-0.05, 0) is 37.5 Å². The highest BCUT2D eigenvalue weighted by molar-refractivity contribution is 5.37. The van der Waals surface area contributed by atoms with Gasteiger partial charge >= 0.3 is 0 Å². The summed E-state index contributed by atoms with van der Waals surface area (Å²) in [5, 5.41) is 0. The molecule has 1 aromatic carbocycles. The van der Waals surface area contributed by atoms with Gasteiger partial charge in [-0.2, -0.15) is 0 Å². The van der Waals surface area contributed by atoms with Crippen LogP contribution in [0.3, 0.4) is 0 Å². The summed E-state index contributed by atoms with van der Waals surface area (Å²) < 4.78 is 5.88. The zero-order valence-electron chi connectivity index (χ0n) is 14.2. The second-order valence-electron chi connectivity index (χ2n) is 6.14. The maximum absolute atomic E-state index is 5.89. The molecule has 120 valence electrons. The highest BCUT2D eigenvalue weighted by Gasteiger charge is 2.04. The van der Waals surface area contributed by atoms with E-state index in [0.717, 1.165) is 18.8 Å². The molecule has 0 heterocycles. The number of ether oxygens (including phenoxy) is 1. The van der Waals surface area contributed by atoms with E-state index in [1.807, 2.05) is 6.92 Å². The van der Waals surface area contributed by atoms with Gasteiger partial charge in [0.2, 0.25) is 0 Å². The third-order valence-electron chi connectivity index (χ3n) is 3.98. The lowest BCUT2D eigenvalue weighted by molar-refractivity contribution is 0.302. The Morgan fingerprint density at radius 2 is 1.62 bits per heavy atom. The van der Waals surface area contributed by atoms with Gasteiger partial charge in [-0.3, -0.25) is 0 Å². The topological polar surface area (TPSA) is 35.2 Å². The van der Waals surface area contributed by atoms with Crippen LogP contribution in [0.4, 0.5) is 0 Å². The summed E-state index contributed by atoms with van der Waals surface area (Å²) in [6.07, 6.45) is 10.7. The summed E-state index contributed by atoms with van der Waals surface area (Å²) in [4.78, 5) is 0. The maximum Gasteiger partial charge on any atom is 0.122 e. The minimum Gasteiger partial charge on any atom is -0.493 e. The van der Waals surface area contributed by atoms with Crippen molar-refractivity contribution < 1.29 is 4.74 Å². The molecule has 1 atom stereocenters. The lowest BCUT2D eigenvalue weighted by atomic mass is 10.1. The van der Waals surface area contributed by atoms with Crippen molar-refractivity contribution in [1.82, 2.24) is 0 Å². The van der Waals surface area contributed by atoms with Crippen molar-refractivity contribution in [2.75, 3.05) is 6.61 Å².